The Morgan fingerprint density at radius 2 is 1.73 bits per heavy atom. The van der Waals surface area contributed by atoms with Crippen LogP contribution in [-0.4, -0.2) is 39.6 Å². The minimum Gasteiger partial charge on any atom is -0.461 e. The van der Waals surface area contributed by atoms with Gasteiger partial charge in [0.15, 0.2) is 0 Å². The number of aromatic nitrogens is 2. The number of rotatable bonds is 5. The normalized spacial score (nSPS) is 14.5. The molecule has 0 saturated carbocycles. The fourth-order valence-corrected chi connectivity index (χ4v) is 3.53. The van der Waals surface area contributed by atoms with Crippen molar-refractivity contribution in [2.24, 2.45) is 5.92 Å². The Hall–Kier alpha value is -3.48. The first kappa shape index (κ1) is 19.8. The fourth-order valence-electron chi connectivity index (χ4n) is 3.53. The first-order valence-electron chi connectivity index (χ1n) is 9.90. The zero-order chi connectivity index (χ0) is 20.9. The molecule has 3 aromatic rings. The van der Waals surface area contributed by atoms with E-state index in [9.17, 15) is 14.0 Å². The van der Waals surface area contributed by atoms with Crippen molar-refractivity contribution in [3.8, 4) is 5.69 Å². The van der Waals surface area contributed by atoms with Crippen LogP contribution in [0.3, 0.4) is 0 Å². The van der Waals surface area contributed by atoms with Gasteiger partial charge in [-0.15, -0.1) is 0 Å². The smallest absolute Gasteiger partial charge is 0.309 e. The van der Waals surface area contributed by atoms with E-state index in [4.69, 9.17) is 4.74 Å². The average Bonchev–Trinajstić information content (AvgIpc) is 3.33. The van der Waals surface area contributed by atoms with Crippen LogP contribution in [0.15, 0.2) is 67.0 Å². The van der Waals surface area contributed by atoms with Gasteiger partial charge in [-0.3, -0.25) is 9.59 Å². The topological polar surface area (TPSA) is 64.4 Å². The van der Waals surface area contributed by atoms with Gasteiger partial charge in [0, 0.05) is 31.0 Å². The van der Waals surface area contributed by atoms with Gasteiger partial charge in [0.05, 0.1) is 11.6 Å². The van der Waals surface area contributed by atoms with Crippen LogP contribution in [0.1, 0.15) is 28.8 Å². The van der Waals surface area contributed by atoms with E-state index in [1.165, 1.54) is 24.3 Å². The van der Waals surface area contributed by atoms with E-state index in [-0.39, 0.29) is 30.2 Å². The van der Waals surface area contributed by atoms with Crippen LogP contribution >= 0.6 is 0 Å². The maximum Gasteiger partial charge on any atom is 0.309 e. The Morgan fingerprint density at radius 1 is 1.03 bits per heavy atom. The lowest BCUT2D eigenvalue weighted by molar-refractivity contribution is -0.151. The largest absolute Gasteiger partial charge is 0.461 e. The van der Waals surface area contributed by atoms with Gasteiger partial charge in [0.1, 0.15) is 12.4 Å². The number of piperidine rings is 1. The van der Waals surface area contributed by atoms with E-state index in [0.29, 0.717) is 31.5 Å². The molecular weight excluding hydrogens is 385 g/mol. The molecule has 1 fully saturated rings. The molecule has 0 bridgehead atoms. The monoisotopic (exact) mass is 407 g/mol. The number of likely N-dealkylation sites (tertiary alicyclic amines) is 1. The third-order valence-corrected chi connectivity index (χ3v) is 5.29. The summed E-state index contributed by atoms with van der Waals surface area (Å²) in [6, 6.07) is 15.0. The molecule has 0 atom stereocenters. The van der Waals surface area contributed by atoms with Crippen LogP contribution in [0.2, 0.25) is 0 Å². The molecule has 1 aliphatic heterocycles. The van der Waals surface area contributed by atoms with E-state index in [0.717, 1.165) is 11.3 Å². The van der Waals surface area contributed by atoms with E-state index < -0.39 is 0 Å². The van der Waals surface area contributed by atoms with Crippen molar-refractivity contribution < 1.29 is 18.7 Å². The van der Waals surface area contributed by atoms with Crippen LogP contribution in [0.25, 0.3) is 5.69 Å². The maximum atomic E-state index is 13.0. The van der Waals surface area contributed by atoms with Crippen molar-refractivity contribution in [3.05, 3.63) is 83.9 Å². The van der Waals surface area contributed by atoms with Crippen LogP contribution in [0, 0.1) is 11.7 Å². The van der Waals surface area contributed by atoms with Crippen LogP contribution < -0.4 is 0 Å². The number of nitrogens with zero attached hydrogens (tertiary/aromatic N) is 3. The lowest BCUT2D eigenvalue weighted by Crippen LogP contribution is -2.40. The highest BCUT2D eigenvalue weighted by Crippen LogP contribution is 2.21. The fraction of sp³-hybridized carbons (Fsp3) is 0.261. The minimum absolute atomic E-state index is 0.140. The second-order valence-corrected chi connectivity index (χ2v) is 7.30. The van der Waals surface area contributed by atoms with Crippen molar-refractivity contribution in [2.75, 3.05) is 13.1 Å². The van der Waals surface area contributed by atoms with Gasteiger partial charge in [0.25, 0.3) is 5.91 Å². The quantitative estimate of drug-likeness (QED) is 0.606. The summed E-state index contributed by atoms with van der Waals surface area (Å²) in [4.78, 5) is 26.6. The first-order valence-corrected chi connectivity index (χ1v) is 9.90. The molecule has 7 heteroatoms. The zero-order valence-electron chi connectivity index (χ0n) is 16.4. The number of amides is 1. The molecule has 154 valence electrons. The van der Waals surface area contributed by atoms with Crippen molar-refractivity contribution in [3.63, 3.8) is 0 Å². The highest BCUT2D eigenvalue weighted by atomic mass is 19.1. The van der Waals surface area contributed by atoms with Gasteiger partial charge in [-0.1, -0.05) is 12.1 Å². The Labute approximate surface area is 173 Å². The Morgan fingerprint density at radius 3 is 2.37 bits per heavy atom. The predicted octanol–water partition coefficient (Wildman–Crippen LogP) is 3.61. The number of benzene rings is 2. The van der Waals surface area contributed by atoms with Crippen LogP contribution in [0.4, 0.5) is 4.39 Å². The summed E-state index contributed by atoms with van der Waals surface area (Å²) in [6.07, 6.45) is 4.70. The summed E-state index contributed by atoms with van der Waals surface area (Å²) in [6.45, 7) is 1.18. The van der Waals surface area contributed by atoms with Crippen molar-refractivity contribution in [2.45, 2.75) is 19.4 Å². The van der Waals surface area contributed by atoms with Gasteiger partial charge < -0.3 is 9.64 Å². The number of halogens is 1. The molecule has 2 aromatic carbocycles. The van der Waals surface area contributed by atoms with Gasteiger partial charge in [0.2, 0.25) is 0 Å². The Balaban J connectivity index is 1.25. The summed E-state index contributed by atoms with van der Waals surface area (Å²) in [5.41, 5.74) is 2.30. The van der Waals surface area contributed by atoms with Crippen molar-refractivity contribution >= 4 is 11.9 Å². The van der Waals surface area contributed by atoms with Crippen molar-refractivity contribution in [1.29, 1.82) is 0 Å². The Bertz CT molecular complexity index is 993. The molecule has 1 amide bonds. The summed E-state index contributed by atoms with van der Waals surface area (Å²) in [5.74, 6) is -0.964. The molecule has 1 aliphatic rings. The second kappa shape index (κ2) is 8.90. The summed E-state index contributed by atoms with van der Waals surface area (Å²) in [5, 5.41) is 4.18. The summed E-state index contributed by atoms with van der Waals surface area (Å²) < 4.78 is 20.3. The van der Waals surface area contributed by atoms with E-state index in [2.05, 4.69) is 5.10 Å². The van der Waals surface area contributed by atoms with Gasteiger partial charge in [-0.25, -0.2) is 9.07 Å². The molecule has 0 unspecified atom stereocenters. The SMILES string of the molecule is O=C(OCc1ccc(-n2cccn2)cc1)C1CCN(C(=O)c2ccc(F)cc2)CC1. The van der Waals surface area contributed by atoms with Gasteiger partial charge in [-0.05, 0) is 60.9 Å². The highest BCUT2D eigenvalue weighted by molar-refractivity contribution is 5.94. The molecule has 1 saturated heterocycles. The predicted molar refractivity (Wildman–Crippen MR) is 108 cm³/mol. The van der Waals surface area contributed by atoms with Gasteiger partial charge in [-0.2, -0.15) is 5.10 Å². The second-order valence-electron chi connectivity index (χ2n) is 7.30. The van der Waals surface area contributed by atoms with Gasteiger partial charge >= 0.3 is 5.97 Å². The molecule has 1 aromatic heterocycles. The number of ether oxygens (including phenoxy) is 1. The minimum atomic E-state index is -0.371. The molecule has 0 spiro atoms. The highest BCUT2D eigenvalue weighted by Gasteiger charge is 2.28. The molecule has 6 nitrogen and oxygen atoms in total. The van der Waals surface area contributed by atoms with Crippen LogP contribution in [0.5, 0.6) is 0 Å². The third kappa shape index (κ3) is 4.56. The molecular formula is C23H22FN3O3. The number of hydrogen-bond donors (Lipinski definition) is 0. The number of hydrogen-bond acceptors (Lipinski definition) is 4. The Kier molecular flexibility index (Phi) is 5.88. The average molecular weight is 407 g/mol. The third-order valence-electron chi connectivity index (χ3n) is 5.29. The maximum absolute atomic E-state index is 13.0. The van der Waals surface area contributed by atoms with Crippen LogP contribution in [-0.2, 0) is 16.1 Å². The number of carbonyl (C=O) groups is 2. The van der Waals surface area contributed by atoms with E-state index >= 15 is 0 Å². The lowest BCUT2D eigenvalue weighted by Gasteiger charge is -2.31. The molecule has 0 radical (unpaired) electrons. The lowest BCUT2D eigenvalue weighted by atomic mass is 9.96. The number of esters is 1. The number of carbonyl (C=O) groups excluding carboxylic acids is 2. The molecule has 2 heterocycles. The standard InChI is InChI=1S/C23H22FN3O3/c24-20-6-4-18(5-7-20)22(28)26-14-10-19(11-15-26)23(29)30-16-17-2-8-21(9-3-17)27-13-1-12-25-27/h1-9,12-13,19H,10-11,14-16H2. The van der Waals surface area contributed by atoms with Crippen molar-refractivity contribution in [1.82, 2.24) is 14.7 Å². The first-order chi connectivity index (χ1) is 14.6. The van der Waals surface area contributed by atoms with E-state index in [1.807, 2.05) is 36.5 Å². The zero-order valence-corrected chi connectivity index (χ0v) is 16.4. The molecule has 0 aliphatic carbocycles. The van der Waals surface area contributed by atoms with E-state index in [1.54, 1.807) is 15.8 Å². The summed E-state index contributed by atoms with van der Waals surface area (Å²) in [7, 11) is 0. The molecule has 0 N–H and O–H groups in total. The molecule has 4 rings (SSSR count). The summed E-state index contributed by atoms with van der Waals surface area (Å²) >= 11 is 0. The molecule has 30 heavy (non-hydrogen) atoms.